The Bertz CT molecular complexity index is 1160. The first kappa shape index (κ1) is 25.1. The van der Waals surface area contributed by atoms with Crippen molar-refractivity contribution in [2.24, 2.45) is 13.0 Å². The molecule has 1 N–H and O–H groups in total. The molecule has 0 bridgehead atoms. The molecule has 3 aromatic rings. The monoisotopic (exact) mass is 517 g/mol. The van der Waals surface area contributed by atoms with Gasteiger partial charge in [-0.1, -0.05) is 17.4 Å². The summed E-state index contributed by atoms with van der Waals surface area (Å²) in [5, 5.41) is 8.89. The van der Waals surface area contributed by atoms with Crippen molar-refractivity contribution in [2.75, 3.05) is 26.2 Å². The maximum atomic E-state index is 12.8. The first-order chi connectivity index (χ1) is 17.4. The Labute approximate surface area is 213 Å². The number of benzene rings is 1. The lowest BCUT2D eigenvalue weighted by molar-refractivity contribution is 0.0816. The van der Waals surface area contributed by atoms with Gasteiger partial charge in [-0.3, -0.25) is 9.48 Å². The predicted octanol–water partition coefficient (Wildman–Crippen LogP) is 4.45. The number of nitrogens with one attached hydrogen (secondary N) is 1. The number of hydrogen-bond donors (Lipinski definition) is 1. The lowest BCUT2D eigenvalue weighted by Gasteiger charge is -2.30. The fraction of sp³-hybridized carbons (Fsp3) is 0.577. The van der Waals surface area contributed by atoms with E-state index in [1.54, 1.807) is 4.68 Å². The molecule has 0 spiro atoms. The van der Waals surface area contributed by atoms with E-state index in [1.165, 1.54) is 22.6 Å². The minimum absolute atomic E-state index is 0.00467. The summed E-state index contributed by atoms with van der Waals surface area (Å²) < 4.78 is 31.7. The zero-order valence-corrected chi connectivity index (χ0v) is 21.4. The van der Waals surface area contributed by atoms with Crippen LogP contribution < -0.4 is 10.1 Å². The summed E-state index contributed by atoms with van der Waals surface area (Å²) in [7, 11) is 1.89. The van der Waals surface area contributed by atoms with Crippen molar-refractivity contribution in [3.63, 3.8) is 0 Å². The smallest absolute Gasteiger partial charge is 0.273 e. The van der Waals surface area contributed by atoms with Crippen molar-refractivity contribution < 1.29 is 18.3 Å². The number of aryl methyl sites for hydroxylation is 1. The first-order valence-corrected chi connectivity index (χ1v) is 13.6. The number of rotatable bonds is 8. The van der Waals surface area contributed by atoms with Gasteiger partial charge in [-0.2, -0.15) is 5.10 Å². The first-order valence-electron chi connectivity index (χ1n) is 12.8. The highest BCUT2D eigenvalue weighted by atomic mass is 32.1. The van der Waals surface area contributed by atoms with E-state index in [4.69, 9.17) is 4.74 Å². The fourth-order valence-corrected chi connectivity index (χ4v) is 6.27. The number of halogens is 2. The van der Waals surface area contributed by atoms with Crippen molar-refractivity contribution in [1.82, 2.24) is 25.0 Å². The van der Waals surface area contributed by atoms with Gasteiger partial charge in [0.15, 0.2) is 6.61 Å². The number of alkyl halides is 2. The molecule has 0 saturated heterocycles. The molecule has 3 heterocycles. The van der Waals surface area contributed by atoms with Gasteiger partial charge in [-0.15, -0.1) is 0 Å². The van der Waals surface area contributed by atoms with E-state index in [-0.39, 0.29) is 11.9 Å². The number of nitrogens with zero attached hydrogens (tertiary/aromatic N) is 4. The highest BCUT2D eigenvalue weighted by Gasteiger charge is 2.25. The van der Waals surface area contributed by atoms with Crippen LogP contribution in [0.15, 0.2) is 24.4 Å². The molecular weight excluding hydrogens is 484 g/mol. The molecular formula is C26H33F2N5O2S. The molecule has 1 aliphatic carbocycles. The predicted molar refractivity (Wildman–Crippen MR) is 136 cm³/mol. The average Bonchev–Trinajstić information content (AvgIpc) is 3.39. The van der Waals surface area contributed by atoms with Crippen LogP contribution in [0.5, 0.6) is 5.19 Å². The number of amides is 1. The van der Waals surface area contributed by atoms with Gasteiger partial charge in [0.05, 0.1) is 17.4 Å². The van der Waals surface area contributed by atoms with Crippen molar-refractivity contribution >= 4 is 28.1 Å². The second-order valence-electron chi connectivity index (χ2n) is 9.91. The highest BCUT2D eigenvalue weighted by molar-refractivity contribution is 7.13. The van der Waals surface area contributed by atoms with E-state index in [1.807, 2.05) is 31.4 Å². The SMILES string of the molecule is Cn1ncc2ccc(C(=O)N[C@H]3CC[C@H](CCN4CCc5nc(OCC(F)F)sc5CC4)CC3)cc21. The molecule has 1 saturated carbocycles. The van der Waals surface area contributed by atoms with Crippen molar-refractivity contribution in [1.29, 1.82) is 0 Å². The van der Waals surface area contributed by atoms with E-state index in [0.717, 1.165) is 74.8 Å². The molecule has 1 aromatic carbocycles. The lowest BCUT2D eigenvalue weighted by Crippen LogP contribution is -2.38. The summed E-state index contributed by atoms with van der Waals surface area (Å²) in [5.74, 6) is 0.684. The van der Waals surface area contributed by atoms with Gasteiger partial charge >= 0.3 is 0 Å². The summed E-state index contributed by atoms with van der Waals surface area (Å²) in [6, 6.07) is 5.97. The van der Waals surface area contributed by atoms with Crippen molar-refractivity contribution in [3.8, 4) is 5.19 Å². The lowest BCUT2D eigenvalue weighted by atomic mass is 9.84. The quantitative estimate of drug-likeness (QED) is 0.478. The standard InChI is InChI=1S/C26H33F2N5O2S/c1-32-22-14-18(4-5-19(22)15-29-32)25(34)30-20-6-2-17(3-7-20)8-11-33-12-9-21-23(10-13-33)36-26(31-21)35-16-24(27)28/h4-5,14-15,17,20,24H,2-3,6-13,16H2,1H3,(H,30,34)/t17-,20-. The summed E-state index contributed by atoms with van der Waals surface area (Å²) in [6.07, 6.45) is 6.56. The summed E-state index contributed by atoms with van der Waals surface area (Å²) in [4.78, 5) is 20.9. The van der Waals surface area contributed by atoms with E-state index in [9.17, 15) is 13.6 Å². The Morgan fingerprint density at radius 2 is 2.03 bits per heavy atom. The molecule has 5 rings (SSSR count). The summed E-state index contributed by atoms with van der Waals surface area (Å²) >= 11 is 1.41. The molecule has 194 valence electrons. The Hall–Kier alpha value is -2.59. The van der Waals surface area contributed by atoms with Crippen molar-refractivity contribution in [2.45, 2.75) is 57.4 Å². The molecule has 0 atom stereocenters. The summed E-state index contributed by atoms with van der Waals surface area (Å²) in [5.41, 5.74) is 2.65. The normalized spacial score (nSPS) is 20.9. The Morgan fingerprint density at radius 1 is 1.22 bits per heavy atom. The Kier molecular flexibility index (Phi) is 7.81. The molecule has 1 aliphatic heterocycles. The highest BCUT2D eigenvalue weighted by Crippen LogP contribution is 2.30. The third-order valence-electron chi connectivity index (χ3n) is 7.46. The van der Waals surface area contributed by atoms with Crippen LogP contribution in [0.25, 0.3) is 10.9 Å². The third kappa shape index (κ3) is 6.03. The van der Waals surface area contributed by atoms with E-state index < -0.39 is 13.0 Å². The zero-order valence-electron chi connectivity index (χ0n) is 20.6. The van der Waals surface area contributed by atoms with Crippen LogP contribution in [-0.2, 0) is 19.9 Å². The molecule has 1 amide bonds. The number of hydrogen-bond acceptors (Lipinski definition) is 6. The average molecular weight is 518 g/mol. The van der Waals surface area contributed by atoms with Crippen LogP contribution in [0.1, 0.15) is 53.0 Å². The molecule has 2 aliphatic rings. The third-order valence-corrected chi connectivity index (χ3v) is 8.53. The molecule has 2 aromatic heterocycles. The molecule has 10 heteroatoms. The van der Waals surface area contributed by atoms with E-state index in [2.05, 4.69) is 20.3 Å². The molecule has 0 radical (unpaired) electrons. The topological polar surface area (TPSA) is 72.3 Å². The minimum Gasteiger partial charge on any atom is -0.464 e. The van der Waals surface area contributed by atoms with Crippen molar-refractivity contribution in [3.05, 3.63) is 40.5 Å². The van der Waals surface area contributed by atoms with Gasteiger partial charge < -0.3 is 15.0 Å². The minimum atomic E-state index is -2.47. The number of thiazole rings is 1. The second kappa shape index (κ2) is 11.2. The van der Waals surface area contributed by atoms with Crippen LogP contribution in [0, 0.1) is 5.92 Å². The van der Waals surface area contributed by atoms with Gasteiger partial charge in [0.1, 0.15) is 0 Å². The van der Waals surface area contributed by atoms with E-state index >= 15 is 0 Å². The largest absolute Gasteiger partial charge is 0.464 e. The number of carbonyl (C=O) groups is 1. The maximum absolute atomic E-state index is 12.8. The van der Waals surface area contributed by atoms with Crippen LogP contribution in [0.3, 0.4) is 0 Å². The summed E-state index contributed by atoms with van der Waals surface area (Å²) in [6.45, 7) is 2.38. The van der Waals surface area contributed by atoms with Crippen LogP contribution in [0.4, 0.5) is 8.78 Å². The number of ether oxygens (including phenoxy) is 1. The van der Waals surface area contributed by atoms with Gasteiger partial charge in [0, 0.05) is 48.4 Å². The number of fused-ring (bicyclic) bond motifs is 2. The van der Waals surface area contributed by atoms with Crippen LogP contribution in [0.2, 0.25) is 0 Å². The number of carbonyl (C=O) groups excluding carboxylic acids is 1. The van der Waals surface area contributed by atoms with Gasteiger partial charge in [-0.25, -0.2) is 13.8 Å². The molecule has 0 unspecified atom stereocenters. The fourth-order valence-electron chi connectivity index (χ4n) is 5.32. The van der Waals surface area contributed by atoms with E-state index in [0.29, 0.717) is 16.7 Å². The Balaban J connectivity index is 1.03. The molecule has 7 nitrogen and oxygen atoms in total. The van der Waals surface area contributed by atoms with Gasteiger partial charge in [0.2, 0.25) is 0 Å². The number of aromatic nitrogens is 3. The molecule has 36 heavy (non-hydrogen) atoms. The molecule has 1 fully saturated rings. The van der Waals surface area contributed by atoms with Gasteiger partial charge in [-0.05, 0) is 63.1 Å². The van der Waals surface area contributed by atoms with Crippen LogP contribution in [-0.4, -0.2) is 64.3 Å². The zero-order chi connectivity index (χ0) is 25.1. The maximum Gasteiger partial charge on any atom is 0.273 e. The van der Waals surface area contributed by atoms with Crippen LogP contribution >= 0.6 is 11.3 Å². The Morgan fingerprint density at radius 3 is 2.83 bits per heavy atom. The second-order valence-corrected chi connectivity index (χ2v) is 11.0. The van der Waals surface area contributed by atoms with Gasteiger partial charge in [0.25, 0.3) is 17.5 Å².